The summed E-state index contributed by atoms with van der Waals surface area (Å²) in [5, 5.41) is 15.5. The van der Waals surface area contributed by atoms with E-state index in [2.05, 4.69) is 16.7 Å². The molecule has 7 heteroatoms. The normalized spacial score (nSPS) is 16.3. The number of aryl methyl sites for hydroxylation is 1. The summed E-state index contributed by atoms with van der Waals surface area (Å²) in [6.45, 7) is 1.94. The zero-order valence-corrected chi connectivity index (χ0v) is 16.0. The van der Waals surface area contributed by atoms with Crippen molar-refractivity contribution < 1.29 is 14.0 Å². The molecule has 2 amide bonds. The predicted octanol–water partition coefficient (Wildman–Crippen LogP) is 3.84. The number of rotatable bonds is 5. The molecule has 1 heterocycles. The van der Waals surface area contributed by atoms with Crippen LogP contribution in [0.4, 0.5) is 10.1 Å². The number of nitriles is 1. The number of thioether (sulfide) groups is 1. The molecule has 0 saturated heterocycles. The van der Waals surface area contributed by atoms with E-state index < -0.39 is 0 Å². The SMILES string of the molecule is Cc1ccccc1C1CC(=O)NC(SCC(=O)Nc2ccc(F)cc2)=C1C#N. The molecule has 28 heavy (non-hydrogen) atoms. The highest BCUT2D eigenvalue weighted by atomic mass is 32.2. The van der Waals surface area contributed by atoms with Gasteiger partial charge in [0.1, 0.15) is 5.82 Å². The number of nitrogens with one attached hydrogen (secondary N) is 2. The van der Waals surface area contributed by atoms with Crippen molar-refractivity contribution in [1.82, 2.24) is 5.32 Å². The molecule has 0 fully saturated rings. The summed E-state index contributed by atoms with van der Waals surface area (Å²) in [5.41, 5.74) is 2.87. The Morgan fingerprint density at radius 3 is 2.68 bits per heavy atom. The number of anilines is 1. The Labute approximate surface area is 166 Å². The van der Waals surface area contributed by atoms with Crippen LogP contribution in [-0.2, 0) is 9.59 Å². The molecule has 0 saturated carbocycles. The lowest BCUT2D eigenvalue weighted by molar-refractivity contribution is -0.121. The molecule has 2 aromatic rings. The summed E-state index contributed by atoms with van der Waals surface area (Å²) in [7, 11) is 0. The van der Waals surface area contributed by atoms with Crippen LogP contribution < -0.4 is 10.6 Å². The maximum Gasteiger partial charge on any atom is 0.234 e. The molecule has 5 nitrogen and oxygen atoms in total. The molecule has 1 aliphatic rings. The lowest BCUT2D eigenvalue weighted by atomic mass is 9.85. The number of nitrogens with zero attached hydrogens (tertiary/aromatic N) is 1. The summed E-state index contributed by atoms with van der Waals surface area (Å²) in [5.74, 6) is -1.20. The zero-order chi connectivity index (χ0) is 20.1. The van der Waals surface area contributed by atoms with Crippen LogP contribution in [0.5, 0.6) is 0 Å². The topological polar surface area (TPSA) is 82.0 Å². The number of allylic oxidation sites excluding steroid dienone is 1. The third-order valence-electron chi connectivity index (χ3n) is 4.40. The fourth-order valence-corrected chi connectivity index (χ4v) is 3.92. The van der Waals surface area contributed by atoms with Gasteiger partial charge in [0.25, 0.3) is 0 Å². The number of carbonyl (C=O) groups is 2. The Bertz CT molecular complexity index is 980. The van der Waals surface area contributed by atoms with Crippen LogP contribution in [0, 0.1) is 24.1 Å². The second-order valence-corrected chi connectivity index (χ2v) is 7.35. The van der Waals surface area contributed by atoms with Crippen molar-refractivity contribution in [1.29, 1.82) is 5.26 Å². The fraction of sp³-hybridized carbons (Fsp3) is 0.190. The van der Waals surface area contributed by atoms with E-state index in [1.165, 1.54) is 24.3 Å². The Morgan fingerprint density at radius 2 is 2.00 bits per heavy atom. The van der Waals surface area contributed by atoms with Gasteiger partial charge in [-0.1, -0.05) is 36.0 Å². The first kappa shape index (κ1) is 19.6. The predicted molar refractivity (Wildman–Crippen MR) is 107 cm³/mol. The Balaban J connectivity index is 1.76. The molecule has 142 valence electrons. The molecule has 0 bridgehead atoms. The summed E-state index contributed by atoms with van der Waals surface area (Å²) < 4.78 is 12.9. The van der Waals surface area contributed by atoms with Crippen LogP contribution in [0.15, 0.2) is 59.1 Å². The van der Waals surface area contributed by atoms with Crippen LogP contribution in [0.3, 0.4) is 0 Å². The van der Waals surface area contributed by atoms with Gasteiger partial charge in [-0.2, -0.15) is 5.26 Å². The molecule has 3 rings (SSSR count). The van der Waals surface area contributed by atoms with Gasteiger partial charge < -0.3 is 10.6 Å². The van der Waals surface area contributed by atoms with Crippen molar-refractivity contribution in [2.24, 2.45) is 0 Å². The third-order valence-corrected chi connectivity index (χ3v) is 5.41. The number of hydrogen-bond acceptors (Lipinski definition) is 4. The largest absolute Gasteiger partial charge is 0.325 e. The molecule has 2 N–H and O–H groups in total. The van der Waals surface area contributed by atoms with Gasteiger partial charge in [-0.05, 0) is 42.3 Å². The maximum atomic E-state index is 12.9. The van der Waals surface area contributed by atoms with Crippen molar-refractivity contribution in [3.8, 4) is 6.07 Å². The molecule has 0 radical (unpaired) electrons. The Morgan fingerprint density at radius 1 is 1.29 bits per heavy atom. The Kier molecular flexibility index (Phi) is 6.12. The fourth-order valence-electron chi connectivity index (χ4n) is 3.04. The standard InChI is InChI=1S/C21H18FN3O2S/c1-13-4-2-3-5-16(13)17-10-19(26)25-21(18(17)11-23)28-12-20(27)24-15-8-6-14(22)7-9-15/h2-9,17H,10,12H2,1H3,(H,24,27)(H,25,26). The monoisotopic (exact) mass is 395 g/mol. The highest BCUT2D eigenvalue weighted by molar-refractivity contribution is 8.03. The van der Waals surface area contributed by atoms with Gasteiger partial charge in [0, 0.05) is 18.0 Å². The van der Waals surface area contributed by atoms with Crippen LogP contribution in [0.1, 0.15) is 23.5 Å². The maximum absolute atomic E-state index is 12.9. The van der Waals surface area contributed by atoms with E-state index in [9.17, 15) is 19.2 Å². The number of hydrogen-bond donors (Lipinski definition) is 2. The minimum Gasteiger partial charge on any atom is -0.325 e. The van der Waals surface area contributed by atoms with Crippen molar-refractivity contribution in [2.75, 3.05) is 11.1 Å². The second kappa shape index (κ2) is 8.72. The summed E-state index contributed by atoms with van der Waals surface area (Å²) in [4.78, 5) is 24.4. The van der Waals surface area contributed by atoms with Gasteiger partial charge in [-0.25, -0.2) is 4.39 Å². The number of halogens is 1. The van der Waals surface area contributed by atoms with Crippen molar-refractivity contribution in [3.63, 3.8) is 0 Å². The van der Waals surface area contributed by atoms with Crippen LogP contribution in [-0.4, -0.2) is 17.6 Å². The third kappa shape index (κ3) is 4.59. The van der Waals surface area contributed by atoms with Gasteiger partial charge in [0.05, 0.1) is 22.4 Å². The summed E-state index contributed by atoms with van der Waals surface area (Å²) in [6.07, 6.45) is 0.194. The average molecular weight is 395 g/mol. The van der Waals surface area contributed by atoms with Gasteiger partial charge in [0.15, 0.2) is 0 Å². The molecular formula is C21H18FN3O2S. The van der Waals surface area contributed by atoms with Gasteiger partial charge in [-0.3, -0.25) is 9.59 Å². The molecule has 2 aromatic carbocycles. The van der Waals surface area contributed by atoms with Crippen molar-refractivity contribution in [2.45, 2.75) is 19.3 Å². The van der Waals surface area contributed by atoms with Crippen LogP contribution >= 0.6 is 11.8 Å². The minimum absolute atomic E-state index is 0.0126. The number of carbonyl (C=O) groups excluding carboxylic acids is 2. The van der Waals surface area contributed by atoms with Crippen molar-refractivity contribution >= 4 is 29.3 Å². The first-order chi connectivity index (χ1) is 13.5. The number of benzene rings is 2. The van der Waals surface area contributed by atoms with Gasteiger partial charge in [0.2, 0.25) is 11.8 Å². The molecular weight excluding hydrogens is 377 g/mol. The molecule has 1 unspecified atom stereocenters. The Hall–Kier alpha value is -3.11. The van der Waals surface area contributed by atoms with E-state index in [1.807, 2.05) is 31.2 Å². The summed E-state index contributed by atoms with van der Waals surface area (Å²) in [6, 6.07) is 15.3. The highest BCUT2D eigenvalue weighted by Gasteiger charge is 2.30. The quantitative estimate of drug-likeness (QED) is 0.806. The summed E-state index contributed by atoms with van der Waals surface area (Å²) >= 11 is 1.11. The molecule has 1 aliphatic heterocycles. The lowest BCUT2D eigenvalue weighted by Gasteiger charge is -2.26. The van der Waals surface area contributed by atoms with E-state index in [4.69, 9.17) is 0 Å². The van der Waals surface area contributed by atoms with Crippen LogP contribution in [0.25, 0.3) is 0 Å². The molecule has 0 aliphatic carbocycles. The van der Waals surface area contributed by atoms with E-state index >= 15 is 0 Å². The first-order valence-corrected chi connectivity index (χ1v) is 9.64. The molecule has 0 spiro atoms. The molecule has 1 atom stereocenters. The van der Waals surface area contributed by atoms with Gasteiger partial charge in [-0.15, -0.1) is 0 Å². The average Bonchev–Trinajstić information content (AvgIpc) is 2.68. The zero-order valence-electron chi connectivity index (χ0n) is 15.2. The van der Waals surface area contributed by atoms with Gasteiger partial charge >= 0.3 is 0 Å². The van der Waals surface area contributed by atoms with E-state index in [1.54, 1.807) is 0 Å². The lowest BCUT2D eigenvalue weighted by Crippen LogP contribution is -2.31. The van der Waals surface area contributed by atoms with Crippen LogP contribution in [0.2, 0.25) is 0 Å². The first-order valence-electron chi connectivity index (χ1n) is 8.66. The minimum atomic E-state index is -0.386. The molecule has 0 aromatic heterocycles. The number of amides is 2. The van der Waals surface area contributed by atoms with E-state index in [-0.39, 0.29) is 35.7 Å². The van der Waals surface area contributed by atoms with E-state index in [0.717, 1.165) is 22.9 Å². The highest BCUT2D eigenvalue weighted by Crippen LogP contribution is 2.37. The van der Waals surface area contributed by atoms with Crippen molar-refractivity contribution in [3.05, 3.63) is 76.1 Å². The van der Waals surface area contributed by atoms with E-state index in [0.29, 0.717) is 16.3 Å². The smallest absolute Gasteiger partial charge is 0.234 e. The second-order valence-electron chi connectivity index (χ2n) is 6.36.